The molecule has 3 aromatic rings. The van der Waals surface area contributed by atoms with Crippen molar-refractivity contribution >= 4 is 45.6 Å². The Balaban J connectivity index is 0.000000338. The number of aliphatic hydroxyl groups is 3. The van der Waals surface area contributed by atoms with Crippen molar-refractivity contribution in [3.63, 3.8) is 0 Å². The smallest absolute Gasteiger partial charge is 0.550 e. The number of rotatable bonds is 14. The topological polar surface area (TPSA) is 177 Å². The van der Waals surface area contributed by atoms with Crippen LogP contribution in [0.4, 0.5) is 5.69 Å². The van der Waals surface area contributed by atoms with Gasteiger partial charge in [0.1, 0.15) is 17.6 Å². The second kappa shape index (κ2) is 25.7. The Morgan fingerprint density at radius 3 is 2.21 bits per heavy atom. The third-order valence-electron chi connectivity index (χ3n) is 18.0. The minimum Gasteiger partial charge on any atom is -0.550 e. The summed E-state index contributed by atoms with van der Waals surface area (Å²) in [7, 11) is 1.91. The number of aliphatic hydroxyl groups excluding tert-OH is 2. The van der Waals surface area contributed by atoms with E-state index in [1.54, 1.807) is 19.1 Å². The van der Waals surface area contributed by atoms with Crippen LogP contribution >= 0.6 is 12.2 Å². The van der Waals surface area contributed by atoms with Crippen LogP contribution in [-0.4, -0.2) is 105 Å². The van der Waals surface area contributed by atoms with Gasteiger partial charge in [0.05, 0.1) is 47.8 Å². The minimum absolute atomic E-state index is 0. The number of fused-ring (bicyclic) bond motifs is 1. The van der Waals surface area contributed by atoms with Crippen molar-refractivity contribution in [1.29, 1.82) is 0 Å². The molecule has 0 radical (unpaired) electrons. The van der Waals surface area contributed by atoms with Crippen molar-refractivity contribution in [2.24, 2.45) is 41.4 Å². The van der Waals surface area contributed by atoms with Crippen LogP contribution in [0.5, 0.6) is 5.75 Å². The molecule has 5 aliphatic heterocycles. The standard InChI is InChI=1S/C42H70O11.C19H17NOS.Na/c1-11-29(38(46)47)31-15-14-23(4)36(50-31)27(8)34(44)26(7)35(45)30(12-2)37-24(5)22-25(6)41(51-37)19-16-32(43)42(53-41)21-20-39(10,52-42)33-17-18-40(48,13-3)28(9)49-33;1-14-6-5-9-17(12-14)20(2)19(22)21-18-11-10-15-7-3-4-8-16(15)13-18;/h16,19,23-34,36-37,43-44,48H,11-15,17-18,20-22H2,1-10H3,(H,46,47);3-13H,1-2H3;/q;;+1/p-1. The predicted molar refractivity (Wildman–Crippen MR) is 293 cm³/mol. The van der Waals surface area contributed by atoms with Crippen LogP contribution in [0.25, 0.3) is 10.8 Å². The first-order valence-electron chi connectivity index (χ1n) is 27.9. The van der Waals surface area contributed by atoms with Crippen LogP contribution in [0, 0.1) is 48.3 Å². The number of hydrogen-bond donors (Lipinski definition) is 3. The number of benzene rings is 3. The van der Waals surface area contributed by atoms with Gasteiger partial charge < -0.3 is 58.5 Å². The molecule has 5 heterocycles. The average molecular weight is 1080 g/mol. The Morgan fingerprint density at radius 1 is 0.868 bits per heavy atom. The molecule has 2 spiro atoms. The zero-order chi connectivity index (χ0) is 54.8. The van der Waals surface area contributed by atoms with E-state index in [-0.39, 0.29) is 65.3 Å². The largest absolute Gasteiger partial charge is 1.00 e. The van der Waals surface area contributed by atoms with Crippen LogP contribution in [0.15, 0.2) is 78.9 Å². The summed E-state index contributed by atoms with van der Waals surface area (Å²) in [5.74, 6) is -5.48. The van der Waals surface area contributed by atoms with Gasteiger partial charge in [-0.2, -0.15) is 0 Å². The molecule has 15 heteroatoms. The number of carbonyl (C=O) groups excluding carboxylic acids is 2. The number of thiocarbonyl (C=S) groups is 1. The number of Topliss-reactive ketones (excluding diaryl/α,β-unsaturated/α-hetero) is 1. The average Bonchev–Trinajstić information content (AvgIpc) is 3.74. The van der Waals surface area contributed by atoms with Gasteiger partial charge in [-0.3, -0.25) is 4.79 Å². The van der Waals surface area contributed by atoms with E-state index in [2.05, 4.69) is 52.0 Å². The van der Waals surface area contributed by atoms with Gasteiger partial charge in [-0.1, -0.05) is 97.9 Å². The zero-order valence-corrected chi connectivity index (χ0v) is 50.3. The SMILES string of the molecule is CCC(C(=O)[O-])C1CCC(C)C(C(C)C(O)C(C)C(=O)C(CC)C2OC3(C=CC(O)C4(CCC(C)(C5CCC(O)(CC)C(C)O5)O4)O3)C(C)CC2C)O1.Cc1cccc(N(C)C(=S)Oc2ccc3ccccc3c2)c1.[Na+]. The molecular formula is C61H86NNaO12S. The van der Waals surface area contributed by atoms with Gasteiger partial charge in [-0.05, 0) is 155 Å². The number of hydrogen-bond acceptors (Lipinski definition) is 13. The van der Waals surface area contributed by atoms with Gasteiger partial charge in [-0.25, -0.2) is 0 Å². The molecular weight excluding hydrogens is 994 g/mol. The number of aryl methyl sites for hydroxylation is 1. The van der Waals surface area contributed by atoms with E-state index in [4.69, 9.17) is 40.6 Å². The maximum Gasteiger partial charge on any atom is 1.00 e. The van der Waals surface area contributed by atoms with Crippen molar-refractivity contribution in [2.75, 3.05) is 11.9 Å². The molecule has 0 amide bonds. The summed E-state index contributed by atoms with van der Waals surface area (Å²) >= 11 is 5.41. The van der Waals surface area contributed by atoms with E-state index in [9.17, 15) is 30.0 Å². The molecule has 0 bridgehead atoms. The van der Waals surface area contributed by atoms with E-state index in [1.807, 2.05) is 96.0 Å². The quantitative estimate of drug-likeness (QED) is 0.0873. The fourth-order valence-corrected chi connectivity index (χ4v) is 13.0. The third-order valence-corrected chi connectivity index (χ3v) is 18.4. The number of ether oxygens (including phenoxy) is 6. The summed E-state index contributed by atoms with van der Waals surface area (Å²) in [6, 6.07) is 22.3. The minimum atomic E-state index is -1.37. The van der Waals surface area contributed by atoms with Gasteiger partial charge in [0.25, 0.3) is 5.17 Å². The van der Waals surface area contributed by atoms with Gasteiger partial charge in [0, 0.05) is 54.7 Å². The van der Waals surface area contributed by atoms with E-state index < -0.39 is 82.9 Å². The molecule has 414 valence electrons. The molecule has 0 saturated carbocycles. The van der Waals surface area contributed by atoms with E-state index in [1.165, 1.54) is 10.9 Å². The first kappa shape index (κ1) is 62.4. The molecule has 5 aliphatic rings. The van der Waals surface area contributed by atoms with Gasteiger partial charge in [0.2, 0.25) is 5.79 Å². The van der Waals surface area contributed by atoms with Crippen molar-refractivity contribution in [2.45, 2.75) is 206 Å². The summed E-state index contributed by atoms with van der Waals surface area (Å²) in [6.45, 7) is 21.6. The van der Waals surface area contributed by atoms with Gasteiger partial charge >= 0.3 is 29.6 Å². The third kappa shape index (κ3) is 13.2. The fraction of sp³-hybridized carbons (Fsp3) is 0.656. The number of aliphatic carboxylic acids is 1. The first-order chi connectivity index (χ1) is 35.4. The molecule has 0 aliphatic carbocycles. The Bertz CT molecular complexity index is 2500. The Labute approximate surface area is 480 Å². The molecule has 18 unspecified atom stereocenters. The number of ketones is 1. The maximum atomic E-state index is 14.4. The Morgan fingerprint density at radius 2 is 1.57 bits per heavy atom. The van der Waals surface area contributed by atoms with Crippen molar-refractivity contribution < 1.29 is 88.0 Å². The van der Waals surface area contributed by atoms with Crippen LogP contribution in [0.2, 0.25) is 0 Å². The van der Waals surface area contributed by atoms with Crippen molar-refractivity contribution in [3.8, 4) is 5.75 Å². The molecule has 4 saturated heterocycles. The molecule has 8 rings (SSSR count). The van der Waals surface area contributed by atoms with Crippen LogP contribution < -0.4 is 44.3 Å². The van der Waals surface area contributed by atoms with E-state index in [0.717, 1.165) is 23.2 Å². The summed E-state index contributed by atoms with van der Waals surface area (Å²) < 4.78 is 39.3. The number of carbonyl (C=O) groups is 2. The van der Waals surface area contributed by atoms with Gasteiger partial charge in [-0.15, -0.1) is 0 Å². The first-order valence-corrected chi connectivity index (χ1v) is 28.3. The fourth-order valence-electron chi connectivity index (χ4n) is 12.8. The zero-order valence-electron chi connectivity index (χ0n) is 47.5. The summed E-state index contributed by atoms with van der Waals surface area (Å²) in [5.41, 5.74) is 0.576. The van der Waals surface area contributed by atoms with Gasteiger partial charge in [0.15, 0.2) is 5.79 Å². The molecule has 0 aromatic heterocycles. The second-order valence-electron chi connectivity index (χ2n) is 23.2. The van der Waals surface area contributed by atoms with E-state index in [0.29, 0.717) is 63.0 Å². The normalized spacial score (nSPS) is 35.2. The molecule has 3 N–H and O–H groups in total. The molecule has 3 aromatic carbocycles. The summed E-state index contributed by atoms with van der Waals surface area (Å²) in [6.07, 6.45) is 5.22. The summed E-state index contributed by atoms with van der Waals surface area (Å²) in [5, 5.41) is 48.7. The monoisotopic (exact) mass is 1080 g/mol. The Kier molecular flexibility index (Phi) is 21.1. The van der Waals surface area contributed by atoms with Crippen LogP contribution in [0.1, 0.15) is 139 Å². The van der Waals surface area contributed by atoms with Crippen LogP contribution in [-0.2, 0) is 33.3 Å². The molecule has 13 nitrogen and oxygen atoms in total. The predicted octanol–water partition coefficient (Wildman–Crippen LogP) is 6.81. The number of carboxylic acids is 1. The number of anilines is 1. The van der Waals surface area contributed by atoms with Crippen LogP contribution in [0.3, 0.4) is 0 Å². The summed E-state index contributed by atoms with van der Waals surface area (Å²) in [4.78, 5) is 28.1. The molecule has 76 heavy (non-hydrogen) atoms. The second-order valence-corrected chi connectivity index (χ2v) is 23.5. The number of nitrogens with zero attached hydrogens (tertiary/aromatic N) is 1. The van der Waals surface area contributed by atoms with E-state index >= 15 is 0 Å². The van der Waals surface area contributed by atoms with Crippen molar-refractivity contribution in [1.82, 2.24) is 0 Å². The molecule has 4 fully saturated rings. The maximum absolute atomic E-state index is 14.4. The number of carboxylic acid groups (broad SMARTS) is 1. The molecule has 18 atom stereocenters. The Hall–Kier alpha value is -2.83. The van der Waals surface area contributed by atoms with Crippen molar-refractivity contribution in [3.05, 3.63) is 84.4 Å².